The molecule has 0 aliphatic carbocycles. The number of benzene rings is 3. The summed E-state index contributed by atoms with van der Waals surface area (Å²) in [5.74, 6) is -0.999. The summed E-state index contributed by atoms with van der Waals surface area (Å²) in [5.41, 5.74) is 1.59. The average Bonchev–Trinajstić information content (AvgIpc) is 2.81. The zero-order chi connectivity index (χ0) is 24.8. The topological polar surface area (TPSA) is 111 Å². The van der Waals surface area contributed by atoms with Gasteiger partial charge in [0, 0.05) is 27.3 Å². The second kappa shape index (κ2) is 11.0. The van der Waals surface area contributed by atoms with Gasteiger partial charge in [-0.05, 0) is 60.5 Å². The monoisotopic (exact) mass is 543 g/mol. The lowest BCUT2D eigenvalue weighted by molar-refractivity contribution is -0.384. The first-order chi connectivity index (χ1) is 16.2. The summed E-state index contributed by atoms with van der Waals surface area (Å²) in [6.07, 6.45) is 1.35. The summed E-state index contributed by atoms with van der Waals surface area (Å²) >= 11 is 9.44. The number of amides is 2. The van der Waals surface area contributed by atoms with E-state index in [9.17, 15) is 19.7 Å². The second-order valence-corrected chi connectivity index (χ2v) is 8.42. The molecule has 3 aromatic rings. The van der Waals surface area contributed by atoms with Gasteiger partial charge in [0.15, 0.2) is 0 Å². The van der Waals surface area contributed by atoms with Crippen molar-refractivity contribution in [1.29, 1.82) is 0 Å². The van der Waals surface area contributed by atoms with E-state index < -0.39 is 16.7 Å². The molecule has 3 rings (SSSR count). The van der Waals surface area contributed by atoms with Crippen molar-refractivity contribution in [3.05, 3.63) is 103 Å². The van der Waals surface area contributed by atoms with Crippen LogP contribution in [0.4, 0.5) is 11.4 Å². The number of halogens is 2. The Morgan fingerprint density at radius 1 is 1.12 bits per heavy atom. The van der Waals surface area contributed by atoms with Crippen molar-refractivity contribution < 1.29 is 19.2 Å². The third kappa shape index (κ3) is 6.21. The second-order valence-electron chi connectivity index (χ2n) is 7.13. The van der Waals surface area contributed by atoms with E-state index in [2.05, 4.69) is 26.6 Å². The molecule has 0 aliphatic rings. The highest BCUT2D eigenvalue weighted by Gasteiger charge is 2.19. The van der Waals surface area contributed by atoms with Gasteiger partial charge in [0.1, 0.15) is 11.4 Å². The fraction of sp³-hybridized carbons (Fsp3) is 0.0833. The Bertz CT molecular complexity index is 1310. The van der Waals surface area contributed by atoms with Gasteiger partial charge in [-0.3, -0.25) is 19.7 Å². The number of nitrogens with zero attached hydrogens (tertiary/aromatic N) is 1. The minimum Gasteiger partial charge on any atom is -0.496 e. The van der Waals surface area contributed by atoms with Crippen LogP contribution in [-0.4, -0.2) is 23.8 Å². The molecule has 0 atom stereocenters. The highest BCUT2D eigenvalue weighted by Crippen LogP contribution is 2.24. The molecule has 0 spiro atoms. The molecule has 0 heterocycles. The normalized spacial score (nSPS) is 11.0. The van der Waals surface area contributed by atoms with Crippen LogP contribution in [0.5, 0.6) is 5.75 Å². The van der Waals surface area contributed by atoms with Crippen LogP contribution < -0.4 is 15.4 Å². The minimum absolute atomic E-state index is 0.118. The summed E-state index contributed by atoms with van der Waals surface area (Å²) in [4.78, 5) is 36.7. The maximum atomic E-state index is 13.1. The van der Waals surface area contributed by atoms with Crippen molar-refractivity contribution in [2.45, 2.75) is 6.92 Å². The quantitative estimate of drug-likeness (QED) is 0.224. The lowest BCUT2D eigenvalue weighted by Gasteiger charge is -2.14. The fourth-order valence-corrected chi connectivity index (χ4v) is 3.44. The number of hydrogen-bond acceptors (Lipinski definition) is 5. The molecule has 0 saturated carbocycles. The number of nitrogens with one attached hydrogen (secondary N) is 2. The third-order valence-electron chi connectivity index (χ3n) is 4.71. The molecule has 0 radical (unpaired) electrons. The Kier molecular flexibility index (Phi) is 8.04. The van der Waals surface area contributed by atoms with Crippen molar-refractivity contribution in [3.8, 4) is 5.75 Å². The summed E-state index contributed by atoms with van der Waals surface area (Å²) in [5, 5.41) is 16.8. The summed E-state index contributed by atoms with van der Waals surface area (Å²) in [6, 6.07) is 15.4. The first-order valence-corrected chi connectivity index (χ1v) is 11.0. The van der Waals surface area contributed by atoms with Crippen molar-refractivity contribution in [2.24, 2.45) is 0 Å². The van der Waals surface area contributed by atoms with E-state index in [4.69, 9.17) is 16.3 Å². The van der Waals surface area contributed by atoms with Crippen molar-refractivity contribution >= 4 is 56.8 Å². The van der Waals surface area contributed by atoms with E-state index in [1.54, 1.807) is 30.3 Å². The Balaban J connectivity index is 1.99. The largest absolute Gasteiger partial charge is 0.496 e. The van der Waals surface area contributed by atoms with E-state index in [0.29, 0.717) is 16.3 Å². The summed E-state index contributed by atoms with van der Waals surface area (Å²) in [6.45, 7) is 1.87. The van der Waals surface area contributed by atoms with E-state index in [0.717, 1.165) is 10.0 Å². The maximum absolute atomic E-state index is 13.1. The average molecular weight is 545 g/mol. The van der Waals surface area contributed by atoms with Gasteiger partial charge in [-0.1, -0.05) is 39.7 Å². The molecule has 34 heavy (non-hydrogen) atoms. The number of aryl methyl sites for hydroxylation is 1. The lowest BCUT2D eigenvalue weighted by Crippen LogP contribution is -2.31. The molecule has 2 amide bonds. The van der Waals surface area contributed by atoms with E-state index in [1.165, 1.54) is 43.5 Å². The van der Waals surface area contributed by atoms with Gasteiger partial charge in [-0.15, -0.1) is 0 Å². The number of rotatable bonds is 7. The van der Waals surface area contributed by atoms with Gasteiger partial charge in [0.05, 0.1) is 17.6 Å². The van der Waals surface area contributed by atoms with Crippen LogP contribution in [0.25, 0.3) is 6.08 Å². The molecule has 10 heteroatoms. The molecule has 174 valence electrons. The van der Waals surface area contributed by atoms with Crippen LogP contribution in [0.1, 0.15) is 21.5 Å². The Morgan fingerprint density at radius 3 is 2.56 bits per heavy atom. The standard InChI is InChI=1S/C24H19BrClN3O5/c1-14-10-17(7-8-20(14)25)27-24(31)21(12-15-4-3-5-18(11-15)29(32)33)28-23(30)19-13-16(26)6-9-22(19)34-2/h3-13H,1-2H3,(H,27,31)(H,28,30)/b21-12-. The predicted octanol–water partition coefficient (Wildman–Crippen LogP) is 5.74. The van der Waals surface area contributed by atoms with Crippen LogP contribution in [0, 0.1) is 17.0 Å². The van der Waals surface area contributed by atoms with E-state index >= 15 is 0 Å². The highest BCUT2D eigenvalue weighted by molar-refractivity contribution is 9.10. The van der Waals surface area contributed by atoms with Crippen LogP contribution >= 0.6 is 27.5 Å². The SMILES string of the molecule is COc1ccc(Cl)cc1C(=O)N/C(=C\c1cccc([N+](=O)[O-])c1)C(=O)Nc1ccc(Br)c(C)c1. The zero-order valence-electron chi connectivity index (χ0n) is 18.1. The number of carbonyl (C=O) groups excluding carboxylic acids is 2. The number of carbonyl (C=O) groups is 2. The van der Waals surface area contributed by atoms with E-state index in [-0.39, 0.29) is 22.7 Å². The van der Waals surface area contributed by atoms with Crippen LogP contribution in [0.15, 0.2) is 70.8 Å². The van der Waals surface area contributed by atoms with Gasteiger partial charge in [0.25, 0.3) is 17.5 Å². The third-order valence-corrected chi connectivity index (χ3v) is 5.83. The predicted molar refractivity (Wildman–Crippen MR) is 134 cm³/mol. The molecule has 0 bridgehead atoms. The van der Waals surface area contributed by atoms with Gasteiger partial charge in [-0.2, -0.15) is 0 Å². The molecule has 0 unspecified atom stereocenters. The molecule has 8 nitrogen and oxygen atoms in total. The number of ether oxygens (including phenoxy) is 1. The number of hydrogen-bond donors (Lipinski definition) is 2. The number of nitro benzene ring substituents is 1. The van der Waals surface area contributed by atoms with Crippen molar-refractivity contribution in [1.82, 2.24) is 5.32 Å². The van der Waals surface area contributed by atoms with Crippen molar-refractivity contribution in [3.63, 3.8) is 0 Å². The van der Waals surface area contributed by atoms with Crippen molar-refractivity contribution in [2.75, 3.05) is 12.4 Å². The summed E-state index contributed by atoms with van der Waals surface area (Å²) in [7, 11) is 1.41. The fourth-order valence-electron chi connectivity index (χ4n) is 3.02. The van der Waals surface area contributed by atoms with E-state index in [1.807, 2.05) is 6.92 Å². The van der Waals surface area contributed by atoms with Gasteiger partial charge in [-0.25, -0.2) is 0 Å². The molecule has 0 aliphatic heterocycles. The maximum Gasteiger partial charge on any atom is 0.272 e. The molecule has 3 aromatic carbocycles. The molecule has 2 N–H and O–H groups in total. The zero-order valence-corrected chi connectivity index (χ0v) is 20.4. The number of anilines is 1. The van der Waals surface area contributed by atoms with Crippen LogP contribution in [-0.2, 0) is 4.79 Å². The van der Waals surface area contributed by atoms with Crippen LogP contribution in [0.3, 0.4) is 0 Å². The van der Waals surface area contributed by atoms with Gasteiger partial charge < -0.3 is 15.4 Å². The Labute approximate surface area is 208 Å². The molecule has 0 fully saturated rings. The Morgan fingerprint density at radius 2 is 1.88 bits per heavy atom. The Hall–Kier alpha value is -3.69. The molecular formula is C24H19BrClN3O5. The molecule has 0 saturated heterocycles. The number of non-ortho nitro benzene ring substituents is 1. The number of nitro groups is 1. The highest BCUT2D eigenvalue weighted by atomic mass is 79.9. The summed E-state index contributed by atoms with van der Waals surface area (Å²) < 4.78 is 6.10. The minimum atomic E-state index is -0.641. The van der Waals surface area contributed by atoms with Crippen LogP contribution in [0.2, 0.25) is 5.02 Å². The van der Waals surface area contributed by atoms with Gasteiger partial charge >= 0.3 is 0 Å². The first kappa shape index (κ1) is 24.9. The molecule has 0 aromatic heterocycles. The molecular weight excluding hydrogens is 526 g/mol. The lowest BCUT2D eigenvalue weighted by atomic mass is 10.1. The van der Waals surface area contributed by atoms with Gasteiger partial charge in [0.2, 0.25) is 0 Å². The number of methoxy groups -OCH3 is 1. The smallest absolute Gasteiger partial charge is 0.272 e. The first-order valence-electron chi connectivity index (χ1n) is 9.86.